The van der Waals surface area contributed by atoms with Crippen LogP contribution >= 0.6 is 0 Å². The molecule has 1 fully saturated rings. The molecule has 0 amide bonds. The van der Waals surface area contributed by atoms with Gasteiger partial charge >= 0.3 is 0 Å². The first kappa shape index (κ1) is 21.1. The molecule has 0 spiro atoms. The van der Waals surface area contributed by atoms with Crippen molar-refractivity contribution in [1.29, 1.82) is 0 Å². The van der Waals surface area contributed by atoms with Crippen LogP contribution in [0.3, 0.4) is 0 Å². The van der Waals surface area contributed by atoms with Crippen LogP contribution in [0.15, 0.2) is 47.6 Å². The largest absolute Gasteiger partial charge is 0.386 e. The molecule has 1 heterocycles. The fraction of sp³-hybridized carbons (Fsp3) is 0.636. The monoisotopic (exact) mass is 362 g/mol. The summed E-state index contributed by atoms with van der Waals surface area (Å²) in [7, 11) is 3.33. The van der Waals surface area contributed by atoms with Gasteiger partial charge in [-0.05, 0) is 57.9 Å². The van der Waals surface area contributed by atoms with Crippen LogP contribution in [0.4, 0.5) is 0 Å². The molecule has 1 saturated heterocycles. The summed E-state index contributed by atoms with van der Waals surface area (Å²) in [6.07, 6.45) is 11.2. The smallest absolute Gasteiger partial charge is 0.183 e. The predicted octanol–water partition coefficient (Wildman–Crippen LogP) is 4.52. The minimum absolute atomic E-state index is 0.104. The molecule has 0 saturated carbocycles. The van der Waals surface area contributed by atoms with Gasteiger partial charge in [-0.15, -0.1) is 0 Å². The Morgan fingerprint density at radius 1 is 1.27 bits per heavy atom. The lowest BCUT2D eigenvalue weighted by molar-refractivity contribution is -0.256. The Labute approximate surface area is 158 Å². The molecule has 26 heavy (non-hydrogen) atoms. The SMILES string of the molecule is C=C1CC/C=C(\C)CC[C@@H]2/C(=C\C=C\C(C)(C)O)[C@@H](OC)O[C@H](OC)[C@@H]12. The van der Waals surface area contributed by atoms with Crippen molar-refractivity contribution in [3.05, 3.63) is 47.6 Å². The van der Waals surface area contributed by atoms with Crippen LogP contribution in [0, 0.1) is 11.8 Å². The molecule has 0 aromatic heterocycles. The second-order valence-corrected chi connectivity index (χ2v) is 7.91. The summed E-state index contributed by atoms with van der Waals surface area (Å²) >= 11 is 0. The van der Waals surface area contributed by atoms with Crippen molar-refractivity contribution < 1.29 is 19.3 Å². The lowest BCUT2D eigenvalue weighted by Crippen LogP contribution is -2.45. The number of hydrogen-bond donors (Lipinski definition) is 1. The van der Waals surface area contributed by atoms with Gasteiger partial charge in [0.2, 0.25) is 0 Å². The number of fused-ring (bicyclic) bond motifs is 1. The van der Waals surface area contributed by atoms with Gasteiger partial charge in [0.25, 0.3) is 0 Å². The number of allylic oxidation sites excluding steroid dienone is 4. The molecule has 0 radical (unpaired) electrons. The Hall–Kier alpha value is -1.20. The first-order chi connectivity index (χ1) is 12.3. The van der Waals surface area contributed by atoms with Gasteiger partial charge in [-0.3, -0.25) is 0 Å². The van der Waals surface area contributed by atoms with Gasteiger partial charge in [0.05, 0.1) is 5.60 Å². The summed E-state index contributed by atoms with van der Waals surface area (Å²) in [4.78, 5) is 0. The molecule has 146 valence electrons. The van der Waals surface area contributed by atoms with Gasteiger partial charge < -0.3 is 19.3 Å². The Kier molecular flexibility index (Phi) is 7.42. The van der Waals surface area contributed by atoms with Crippen LogP contribution in [0.25, 0.3) is 0 Å². The van der Waals surface area contributed by atoms with Crippen molar-refractivity contribution in [3.63, 3.8) is 0 Å². The van der Waals surface area contributed by atoms with E-state index in [9.17, 15) is 5.11 Å². The zero-order valence-corrected chi connectivity index (χ0v) is 16.8. The average molecular weight is 363 g/mol. The van der Waals surface area contributed by atoms with Crippen LogP contribution in [0.2, 0.25) is 0 Å². The van der Waals surface area contributed by atoms with Crippen molar-refractivity contribution in [2.75, 3.05) is 14.2 Å². The lowest BCUT2D eigenvalue weighted by Gasteiger charge is -2.43. The summed E-state index contributed by atoms with van der Waals surface area (Å²) < 4.78 is 17.4. The fourth-order valence-electron chi connectivity index (χ4n) is 3.83. The molecule has 1 aliphatic heterocycles. The van der Waals surface area contributed by atoms with Crippen LogP contribution < -0.4 is 0 Å². The number of rotatable bonds is 4. The van der Waals surface area contributed by atoms with E-state index in [1.165, 1.54) is 11.1 Å². The molecule has 0 unspecified atom stereocenters. The van der Waals surface area contributed by atoms with E-state index >= 15 is 0 Å². The Bertz CT molecular complexity index is 579. The van der Waals surface area contributed by atoms with E-state index in [1.807, 2.05) is 12.2 Å². The second kappa shape index (κ2) is 9.14. The molecular weight excluding hydrogens is 328 g/mol. The Morgan fingerprint density at radius 2 is 2.00 bits per heavy atom. The summed E-state index contributed by atoms with van der Waals surface area (Å²) in [5, 5.41) is 9.96. The zero-order chi connectivity index (χ0) is 19.3. The van der Waals surface area contributed by atoms with E-state index in [0.29, 0.717) is 0 Å². The third-order valence-electron chi connectivity index (χ3n) is 5.20. The van der Waals surface area contributed by atoms with Crippen LogP contribution in [-0.2, 0) is 14.2 Å². The highest BCUT2D eigenvalue weighted by Gasteiger charge is 2.43. The van der Waals surface area contributed by atoms with E-state index in [1.54, 1.807) is 34.1 Å². The van der Waals surface area contributed by atoms with Crippen molar-refractivity contribution in [1.82, 2.24) is 0 Å². The van der Waals surface area contributed by atoms with E-state index in [4.69, 9.17) is 14.2 Å². The van der Waals surface area contributed by atoms with Gasteiger partial charge in [0.15, 0.2) is 12.6 Å². The first-order valence-electron chi connectivity index (χ1n) is 9.43. The molecule has 2 rings (SSSR count). The maximum atomic E-state index is 9.96. The topological polar surface area (TPSA) is 47.9 Å². The highest BCUT2D eigenvalue weighted by molar-refractivity contribution is 5.26. The normalized spacial score (nSPS) is 34.8. The van der Waals surface area contributed by atoms with Crippen LogP contribution in [0.5, 0.6) is 0 Å². The van der Waals surface area contributed by atoms with E-state index < -0.39 is 11.9 Å². The van der Waals surface area contributed by atoms with Crippen molar-refractivity contribution in [2.24, 2.45) is 11.8 Å². The molecule has 0 aromatic carbocycles. The molecule has 2 aliphatic rings. The summed E-state index contributed by atoms with van der Waals surface area (Å²) in [6, 6.07) is 0. The maximum Gasteiger partial charge on any atom is 0.183 e. The van der Waals surface area contributed by atoms with Crippen molar-refractivity contribution in [2.45, 2.75) is 64.6 Å². The highest BCUT2D eigenvalue weighted by atomic mass is 16.8. The van der Waals surface area contributed by atoms with Gasteiger partial charge in [0, 0.05) is 20.1 Å². The molecule has 1 N–H and O–H groups in total. The van der Waals surface area contributed by atoms with Gasteiger partial charge in [-0.2, -0.15) is 0 Å². The third kappa shape index (κ3) is 5.40. The molecule has 4 nitrogen and oxygen atoms in total. The molecule has 0 bridgehead atoms. The van der Waals surface area contributed by atoms with Gasteiger partial charge in [0.1, 0.15) is 0 Å². The van der Waals surface area contributed by atoms with E-state index in [-0.39, 0.29) is 18.1 Å². The second-order valence-electron chi connectivity index (χ2n) is 7.91. The van der Waals surface area contributed by atoms with E-state index in [2.05, 4.69) is 19.6 Å². The number of ether oxygens (including phenoxy) is 3. The summed E-state index contributed by atoms with van der Waals surface area (Å²) in [6.45, 7) is 10.1. The summed E-state index contributed by atoms with van der Waals surface area (Å²) in [5.41, 5.74) is 2.81. The standard InChI is InChI=1S/C22H34O4/c1-15-9-7-10-16(2)19-17(13-12-15)18(11-8-14-22(3,4)23)20(24-5)26-21(19)25-6/h8-9,11,14,17,19-21,23H,2,7,10,12-13H2,1,3-6H3/b14-8+,15-9+,18-11+/t17-,19+,20+,21+/m1/s1. The maximum absolute atomic E-state index is 9.96. The van der Waals surface area contributed by atoms with E-state index in [0.717, 1.165) is 31.3 Å². The minimum Gasteiger partial charge on any atom is -0.386 e. The minimum atomic E-state index is -0.856. The number of hydrogen-bond acceptors (Lipinski definition) is 4. The van der Waals surface area contributed by atoms with Crippen molar-refractivity contribution >= 4 is 0 Å². The summed E-state index contributed by atoms with van der Waals surface area (Å²) in [5.74, 6) is 0.339. The quantitative estimate of drug-likeness (QED) is 0.747. The predicted molar refractivity (Wildman–Crippen MR) is 105 cm³/mol. The third-order valence-corrected chi connectivity index (χ3v) is 5.20. The molecule has 0 aromatic rings. The first-order valence-corrected chi connectivity index (χ1v) is 9.43. The zero-order valence-electron chi connectivity index (χ0n) is 16.8. The molecule has 4 heteroatoms. The number of aliphatic hydroxyl groups is 1. The average Bonchev–Trinajstić information content (AvgIpc) is 2.64. The van der Waals surface area contributed by atoms with Crippen LogP contribution in [-0.4, -0.2) is 37.5 Å². The fourth-order valence-corrected chi connectivity index (χ4v) is 3.83. The molecular formula is C22H34O4. The van der Waals surface area contributed by atoms with Gasteiger partial charge in [-0.25, -0.2) is 0 Å². The molecule has 1 aliphatic carbocycles. The number of methoxy groups -OCH3 is 2. The lowest BCUT2D eigenvalue weighted by atomic mass is 9.75. The van der Waals surface area contributed by atoms with Crippen LogP contribution in [0.1, 0.15) is 46.5 Å². The molecule has 4 atom stereocenters. The highest BCUT2D eigenvalue weighted by Crippen LogP contribution is 2.44. The Morgan fingerprint density at radius 3 is 2.62 bits per heavy atom. The Balaban J connectivity index is 2.42. The van der Waals surface area contributed by atoms with Gasteiger partial charge in [-0.1, -0.05) is 42.0 Å². The van der Waals surface area contributed by atoms with Crippen molar-refractivity contribution in [3.8, 4) is 0 Å².